The summed E-state index contributed by atoms with van der Waals surface area (Å²) in [5, 5.41) is 4.70. The molecule has 1 amide bonds. The number of carbonyl (C=O) groups excluding carboxylic acids is 1. The zero-order valence-corrected chi connectivity index (χ0v) is 16.1. The van der Waals surface area contributed by atoms with Crippen molar-refractivity contribution < 1.29 is 13.2 Å². The zero-order valence-electron chi connectivity index (χ0n) is 14.4. The molecule has 1 aliphatic rings. The van der Waals surface area contributed by atoms with E-state index in [9.17, 15) is 13.2 Å². The fraction of sp³-hybridized carbons (Fsp3) is 0.444. The van der Waals surface area contributed by atoms with Crippen LogP contribution in [-0.2, 0) is 14.8 Å². The van der Waals surface area contributed by atoms with E-state index in [1.54, 1.807) is 17.5 Å². The van der Waals surface area contributed by atoms with E-state index < -0.39 is 10.0 Å². The van der Waals surface area contributed by atoms with Crippen LogP contribution in [0.25, 0.3) is 4.72 Å². The number of amides is 1. The van der Waals surface area contributed by atoms with Crippen LogP contribution in [0, 0.1) is 5.92 Å². The number of benzene rings is 1. The van der Waals surface area contributed by atoms with Crippen molar-refractivity contribution in [3.8, 4) is 0 Å². The van der Waals surface area contributed by atoms with E-state index in [0.29, 0.717) is 18.0 Å². The Morgan fingerprint density at radius 1 is 1.19 bits per heavy atom. The van der Waals surface area contributed by atoms with Crippen molar-refractivity contribution >= 4 is 38.1 Å². The second kappa shape index (κ2) is 8.64. The van der Waals surface area contributed by atoms with E-state index >= 15 is 0 Å². The molecule has 1 heterocycles. The molecule has 26 heavy (non-hydrogen) atoms. The van der Waals surface area contributed by atoms with Crippen LogP contribution in [-0.4, -0.2) is 19.3 Å². The number of thiazole rings is 1. The number of anilines is 1. The van der Waals surface area contributed by atoms with Crippen molar-refractivity contribution in [2.24, 2.45) is 5.92 Å². The van der Waals surface area contributed by atoms with Gasteiger partial charge in [0.25, 0.3) is 0 Å². The molecule has 0 unspecified atom stereocenters. The lowest BCUT2D eigenvalue weighted by Crippen LogP contribution is -2.14. The van der Waals surface area contributed by atoms with Crippen LogP contribution in [0.4, 0.5) is 10.8 Å². The van der Waals surface area contributed by atoms with Crippen LogP contribution >= 0.6 is 11.3 Å². The molecule has 1 saturated carbocycles. The van der Waals surface area contributed by atoms with Gasteiger partial charge in [0.15, 0.2) is 0 Å². The van der Waals surface area contributed by atoms with Gasteiger partial charge in [-0.3, -0.25) is 4.79 Å². The molecule has 0 saturated heterocycles. The summed E-state index contributed by atoms with van der Waals surface area (Å²) >= 11 is 1.16. The van der Waals surface area contributed by atoms with E-state index in [4.69, 9.17) is 0 Å². The number of carbonyl (C=O) groups is 1. The normalized spacial score (nSPS) is 15.5. The van der Waals surface area contributed by atoms with E-state index in [0.717, 1.165) is 17.8 Å². The summed E-state index contributed by atoms with van der Waals surface area (Å²) in [5.41, 5.74) is 0.590. The van der Waals surface area contributed by atoms with E-state index in [1.165, 1.54) is 50.4 Å². The Kier molecular flexibility index (Phi) is 6.26. The standard InChI is InChI=1S/C18H23N3O3S2/c22-17(11-6-14-4-2-1-3-5-14)20-15-7-9-16(10-8-15)26(23,24)21-18-19-12-13-25-18/h7-10,12-14H,1-6,11H2,(H2,19,20,21,22)/p-1. The monoisotopic (exact) mass is 392 g/mol. The fourth-order valence-corrected chi connectivity index (χ4v) is 4.83. The molecular formula is C18H22N3O3S2-. The maximum absolute atomic E-state index is 12.2. The topological polar surface area (TPSA) is 90.2 Å². The lowest BCUT2D eigenvalue weighted by Gasteiger charge is -2.21. The van der Waals surface area contributed by atoms with Gasteiger partial charge in [-0.25, -0.2) is 8.42 Å². The second-order valence-electron chi connectivity index (χ2n) is 6.50. The molecule has 140 valence electrons. The molecule has 3 rings (SSSR count). The summed E-state index contributed by atoms with van der Waals surface area (Å²) in [5.74, 6) is 0.633. The Bertz CT molecular complexity index is 812. The molecule has 1 aromatic carbocycles. The maximum Gasteiger partial charge on any atom is 0.224 e. The summed E-state index contributed by atoms with van der Waals surface area (Å²) in [6, 6.07) is 6.07. The lowest BCUT2D eigenvalue weighted by atomic mass is 9.86. The Hall–Kier alpha value is -1.93. The molecule has 1 N–H and O–H groups in total. The highest BCUT2D eigenvalue weighted by Gasteiger charge is 2.15. The molecule has 0 atom stereocenters. The first-order chi connectivity index (χ1) is 12.5. The van der Waals surface area contributed by atoms with E-state index in [1.807, 2.05) is 0 Å². The summed E-state index contributed by atoms with van der Waals surface area (Å²) < 4.78 is 28.1. The third kappa shape index (κ3) is 5.28. The molecular weight excluding hydrogens is 370 g/mol. The van der Waals surface area contributed by atoms with Gasteiger partial charge in [-0.15, -0.1) is 0 Å². The minimum Gasteiger partial charge on any atom is -0.433 e. The number of rotatable bonds is 7. The van der Waals surface area contributed by atoms with Gasteiger partial charge < -0.3 is 15.0 Å². The summed E-state index contributed by atoms with van der Waals surface area (Å²) in [6.45, 7) is 0. The first-order valence-corrected chi connectivity index (χ1v) is 11.1. The third-order valence-electron chi connectivity index (χ3n) is 4.56. The molecule has 2 aromatic rings. The quantitative estimate of drug-likeness (QED) is 0.730. The number of nitrogens with zero attached hydrogens (tertiary/aromatic N) is 2. The number of nitrogens with one attached hydrogen (secondary N) is 1. The minimum absolute atomic E-state index is 0.0290. The Balaban J connectivity index is 1.52. The number of hydrogen-bond acceptors (Lipinski definition) is 5. The maximum atomic E-state index is 12.2. The van der Waals surface area contributed by atoms with Crippen molar-refractivity contribution in [3.05, 3.63) is 40.6 Å². The predicted octanol–water partition coefficient (Wildman–Crippen LogP) is 4.84. The molecule has 0 bridgehead atoms. The van der Waals surface area contributed by atoms with Crippen molar-refractivity contribution in [3.63, 3.8) is 0 Å². The average molecular weight is 393 g/mol. The van der Waals surface area contributed by atoms with Gasteiger partial charge in [0, 0.05) is 17.2 Å². The highest BCUT2D eigenvalue weighted by molar-refractivity contribution is 7.94. The summed E-state index contributed by atoms with van der Waals surface area (Å²) in [4.78, 5) is 16.0. The molecule has 0 aliphatic heterocycles. The van der Waals surface area contributed by atoms with Gasteiger partial charge in [0.05, 0.1) is 4.90 Å². The van der Waals surface area contributed by atoms with Gasteiger partial charge in [-0.1, -0.05) is 38.3 Å². The highest BCUT2D eigenvalue weighted by atomic mass is 32.2. The smallest absolute Gasteiger partial charge is 0.224 e. The fourth-order valence-electron chi connectivity index (χ4n) is 3.16. The lowest BCUT2D eigenvalue weighted by molar-refractivity contribution is -0.116. The minimum atomic E-state index is -3.79. The van der Waals surface area contributed by atoms with Crippen LogP contribution in [0.3, 0.4) is 0 Å². The SMILES string of the molecule is O=C(CCC1CCCCC1)Nc1ccc(S(=O)(=O)[N-]c2nccs2)cc1. The molecule has 8 heteroatoms. The third-order valence-corrected chi connectivity index (χ3v) is 6.62. The molecule has 1 fully saturated rings. The van der Waals surface area contributed by atoms with Crippen LogP contribution in [0.5, 0.6) is 0 Å². The molecule has 0 radical (unpaired) electrons. The van der Waals surface area contributed by atoms with Crippen molar-refractivity contribution in [2.45, 2.75) is 49.8 Å². The van der Waals surface area contributed by atoms with Crippen LogP contribution in [0.1, 0.15) is 44.9 Å². The predicted molar refractivity (Wildman–Crippen MR) is 103 cm³/mol. The molecule has 6 nitrogen and oxygen atoms in total. The summed E-state index contributed by atoms with van der Waals surface area (Å²) in [6.07, 6.45) is 9.24. The Morgan fingerprint density at radius 3 is 2.58 bits per heavy atom. The number of sulfonamides is 1. The Morgan fingerprint density at radius 2 is 1.92 bits per heavy atom. The van der Waals surface area contributed by atoms with Crippen LogP contribution in [0.15, 0.2) is 40.7 Å². The average Bonchev–Trinajstić information content (AvgIpc) is 3.14. The van der Waals surface area contributed by atoms with E-state index in [-0.39, 0.29) is 15.9 Å². The first-order valence-electron chi connectivity index (χ1n) is 8.80. The van der Waals surface area contributed by atoms with Crippen LogP contribution in [0.2, 0.25) is 0 Å². The van der Waals surface area contributed by atoms with Gasteiger partial charge in [0.2, 0.25) is 15.9 Å². The van der Waals surface area contributed by atoms with Crippen molar-refractivity contribution in [1.82, 2.24) is 4.98 Å². The van der Waals surface area contributed by atoms with Crippen LogP contribution < -0.4 is 5.32 Å². The van der Waals surface area contributed by atoms with Gasteiger partial charge >= 0.3 is 0 Å². The first kappa shape index (κ1) is 18.8. The summed E-state index contributed by atoms with van der Waals surface area (Å²) in [7, 11) is -3.79. The largest absolute Gasteiger partial charge is 0.433 e. The second-order valence-corrected chi connectivity index (χ2v) is 8.97. The molecule has 1 aliphatic carbocycles. The van der Waals surface area contributed by atoms with E-state index in [2.05, 4.69) is 15.0 Å². The molecule has 0 spiro atoms. The van der Waals surface area contributed by atoms with Gasteiger partial charge in [-0.2, -0.15) is 11.3 Å². The Labute approximate surface area is 158 Å². The van der Waals surface area contributed by atoms with Gasteiger partial charge in [-0.05, 0) is 42.0 Å². The van der Waals surface area contributed by atoms with Gasteiger partial charge in [0.1, 0.15) is 0 Å². The number of aromatic nitrogens is 1. The highest BCUT2D eigenvalue weighted by Crippen LogP contribution is 2.30. The molecule has 1 aromatic heterocycles. The zero-order chi connectivity index (χ0) is 18.4. The van der Waals surface area contributed by atoms with Crippen molar-refractivity contribution in [2.75, 3.05) is 5.32 Å². The van der Waals surface area contributed by atoms with Crippen molar-refractivity contribution in [1.29, 1.82) is 0 Å². The number of hydrogen-bond donors (Lipinski definition) is 1.